The maximum atomic E-state index is 4.29. The van der Waals surface area contributed by atoms with Crippen molar-refractivity contribution >= 4 is 33.5 Å². The van der Waals surface area contributed by atoms with Crippen molar-refractivity contribution in [3.63, 3.8) is 0 Å². The molecule has 0 aliphatic rings. The molecule has 0 saturated carbocycles. The van der Waals surface area contributed by atoms with Gasteiger partial charge in [-0.25, -0.2) is 9.97 Å². The molecule has 1 N–H and O–H groups in total. The van der Waals surface area contributed by atoms with Crippen LogP contribution in [-0.4, -0.2) is 47.8 Å². The first-order valence-corrected chi connectivity index (χ1v) is 7.45. The van der Waals surface area contributed by atoms with Gasteiger partial charge in [-0.2, -0.15) is 0 Å². The van der Waals surface area contributed by atoms with Gasteiger partial charge in [-0.15, -0.1) is 11.8 Å². The first-order chi connectivity index (χ1) is 8.15. The van der Waals surface area contributed by atoms with Crippen LogP contribution in [0, 0.1) is 0 Å². The fraction of sp³-hybridized carbons (Fsp3) is 0.636. The van der Waals surface area contributed by atoms with Crippen LogP contribution in [0.25, 0.3) is 0 Å². The lowest BCUT2D eigenvalue weighted by Gasteiger charge is -2.11. The predicted octanol–water partition coefficient (Wildman–Crippen LogP) is 2.71. The molecule has 0 aliphatic carbocycles. The number of aromatic nitrogens is 2. The molecule has 0 aromatic carbocycles. The van der Waals surface area contributed by atoms with Crippen LogP contribution in [0.2, 0.25) is 0 Å². The van der Waals surface area contributed by atoms with Gasteiger partial charge in [0, 0.05) is 18.8 Å². The maximum absolute atomic E-state index is 4.29. The highest BCUT2D eigenvalue weighted by molar-refractivity contribution is 9.10. The zero-order valence-electron chi connectivity index (χ0n) is 10.5. The van der Waals surface area contributed by atoms with E-state index >= 15 is 0 Å². The number of nitrogens with zero attached hydrogens (tertiary/aromatic N) is 3. The van der Waals surface area contributed by atoms with Crippen molar-refractivity contribution < 1.29 is 0 Å². The molecule has 1 aromatic rings. The SMILES string of the molecule is CCCNc1ncnc(SCCN(C)C)c1Br. The number of rotatable bonds is 7. The molecule has 0 bridgehead atoms. The Kier molecular flexibility index (Phi) is 6.84. The van der Waals surface area contributed by atoms with E-state index in [1.165, 1.54) is 0 Å². The molecule has 0 aliphatic heterocycles. The van der Waals surface area contributed by atoms with Gasteiger partial charge in [-0.3, -0.25) is 0 Å². The molecular weight excluding hydrogens is 300 g/mol. The summed E-state index contributed by atoms with van der Waals surface area (Å²) < 4.78 is 0.970. The Morgan fingerprint density at radius 2 is 2.18 bits per heavy atom. The first-order valence-electron chi connectivity index (χ1n) is 5.67. The average Bonchev–Trinajstić information content (AvgIpc) is 2.29. The minimum Gasteiger partial charge on any atom is -0.369 e. The quantitative estimate of drug-likeness (QED) is 0.618. The number of nitrogens with one attached hydrogen (secondary N) is 1. The van der Waals surface area contributed by atoms with E-state index in [9.17, 15) is 0 Å². The van der Waals surface area contributed by atoms with Crippen molar-refractivity contribution in [3.05, 3.63) is 10.8 Å². The second-order valence-electron chi connectivity index (χ2n) is 3.92. The largest absolute Gasteiger partial charge is 0.369 e. The van der Waals surface area contributed by atoms with Crippen molar-refractivity contribution in [1.82, 2.24) is 14.9 Å². The molecule has 0 spiro atoms. The van der Waals surface area contributed by atoms with Crippen LogP contribution < -0.4 is 5.32 Å². The summed E-state index contributed by atoms with van der Waals surface area (Å²) in [6, 6.07) is 0. The second-order valence-corrected chi connectivity index (χ2v) is 5.80. The molecule has 0 fully saturated rings. The molecule has 0 unspecified atom stereocenters. The van der Waals surface area contributed by atoms with Crippen LogP contribution in [0.3, 0.4) is 0 Å². The van der Waals surface area contributed by atoms with E-state index in [2.05, 4.69) is 57.1 Å². The highest BCUT2D eigenvalue weighted by Gasteiger charge is 2.08. The van der Waals surface area contributed by atoms with Crippen LogP contribution >= 0.6 is 27.7 Å². The molecule has 0 amide bonds. The van der Waals surface area contributed by atoms with Crippen LogP contribution in [0.1, 0.15) is 13.3 Å². The van der Waals surface area contributed by atoms with Crippen LogP contribution in [0.15, 0.2) is 15.8 Å². The van der Waals surface area contributed by atoms with Gasteiger partial charge in [0.15, 0.2) is 0 Å². The highest BCUT2D eigenvalue weighted by Crippen LogP contribution is 2.29. The summed E-state index contributed by atoms with van der Waals surface area (Å²) in [6.07, 6.45) is 2.69. The Hall–Kier alpha value is -0.330. The summed E-state index contributed by atoms with van der Waals surface area (Å²) in [6.45, 7) is 4.10. The zero-order chi connectivity index (χ0) is 12.7. The highest BCUT2D eigenvalue weighted by atomic mass is 79.9. The minimum atomic E-state index is 0.884. The van der Waals surface area contributed by atoms with Crippen molar-refractivity contribution in [2.45, 2.75) is 18.4 Å². The average molecular weight is 319 g/mol. The van der Waals surface area contributed by atoms with E-state index in [1.807, 2.05) is 0 Å². The second kappa shape index (κ2) is 7.89. The molecule has 96 valence electrons. The van der Waals surface area contributed by atoms with Gasteiger partial charge in [0.25, 0.3) is 0 Å². The fourth-order valence-electron chi connectivity index (χ4n) is 1.15. The smallest absolute Gasteiger partial charge is 0.144 e. The molecule has 1 heterocycles. The van der Waals surface area contributed by atoms with Gasteiger partial charge in [-0.05, 0) is 36.4 Å². The summed E-state index contributed by atoms with van der Waals surface area (Å²) in [4.78, 5) is 10.7. The van der Waals surface area contributed by atoms with E-state index in [0.717, 1.165) is 40.6 Å². The molecule has 0 atom stereocenters. The van der Waals surface area contributed by atoms with Gasteiger partial charge >= 0.3 is 0 Å². The lowest BCUT2D eigenvalue weighted by Crippen LogP contribution is -2.15. The van der Waals surface area contributed by atoms with Gasteiger partial charge in [-0.1, -0.05) is 6.92 Å². The zero-order valence-corrected chi connectivity index (χ0v) is 12.9. The molecule has 1 aromatic heterocycles. The third-order valence-corrected chi connectivity index (χ3v) is 4.06. The summed E-state index contributed by atoms with van der Waals surface area (Å²) in [7, 11) is 4.15. The molecule has 0 saturated heterocycles. The van der Waals surface area contributed by atoms with E-state index in [1.54, 1.807) is 18.1 Å². The summed E-state index contributed by atoms with van der Waals surface area (Å²) in [5, 5.41) is 4.28. The number of anilines is 1. The lowest BCUT2D eigenvalue weighted by molar-refractivity contribution is 0.437. The third-order valence-electron chi connectivity index (χ3n) is 2.08. The molecular formula is C11H19BrN4S. The minimum absolute atomic E-state index is 0.884. The molecule has 1 rings (SSSR count). The summed E-state index contributed by atoms with van der Waals surface area (Å²) in [5.74, 6) is 1.91. The monoisotopic (exact) mass is 318 g/mol. The topological polar surface area (TPSA) is 41.1 Å². The summed E-state index contributed by atoms with van der Waals surface area (Å²) in [5.41, 5.74) is 0. The number of hydrogen-bond acceptors (Lipinski definition) is 5. The standard InChI is InChI=1S/C11H19BrN4S/c1-4-5-13-10-9(12)11(15-8-14-10)17-7-6-16(2)3/h8H,4-7H2,1-3H3,(H,13,14,15). The Labute approximate surface area is 116 Å². The molecule has 6 heteroatoms. The molecule has 4 nitrogen and oxygen atoms in total. The lowest BCUT2D eigenvalue weighted by atomic mass is 10.4. The van der Waals surface area contributed by atoms with E-state index < -0.39 is 0 Å². The van der Waals surface area contributed by atoms with Gasteiger partial charge in [0.05, 0.1) is 4.47 Å². The fourth-order valence-corrected chi connectivity index (χ4v) is 2.83. The van der Waals surface area contributed by atoms with Crippen molar-refractivity contribution in [2.24, 2.45) is 0 Å². The van der Waals surface area contributed by atoms with E-state index in [4.69, 9.17) is 0 Å². The Bertz CT molecular complexity index is 346. The maximum Gasteiger partial charge on any atom is 0.144 e. The Morgan fingerprint density at radius 1 is 1.41 bits per heavy atom. The van der Waals surface area contributed by atoms with Crippen molar-refractivity contribution in [1.29, 1.82) is 0 Å². The third kappa shape index (κ3) is 5.23. The van der Waals surface area contributed by atoms with Crippen molar-refractivity contribution in [3.8, 4) is 0 Å². The predicted molar refractivity (Wildman–Crippen MR) is 77.8 cm³/mol. The van der Waals surface area contributed by atoms with E-state index in [0.29, 0.717) is 0 Å². The molecule has 17 heavy (non-hydrogen) atoms. The van der Waals surface area contributed by atoms with Gasteiger partial charge < -0.3 is 10.2 Å². The Balaban J connectivity index is 2.59. The number of thioether (sulfide) groups is 1. The normalized spacial score (nSPS) is 10.9. The Morgan fingerprint density at radius 3 is 2.82 bits per heavy atom. The van der Waals surface area contributed by atoms with Crippen LogP contribution in [0.4, 0.5) is 5.82 Å². The summed E-state index contributed by atoms with van der Waals surface area (Å²) >= 11 is 5.30. The number of hydrogen-bond donors (Lipinski definition) is 1. The van der Waals surface area contributed by atoms with E-state index in [-0.39, 0.29) is 0 Å². The molecule has 0 radical (unpaired) electrons. The van der Waals surface area contributed by atoms with Gasteiger partial charge in [0.2, 0.25) is 0 Å². The first kappa shape index (κ1) is 14.7. The van der Waals surface area contributed by atoms with Gasteiger partial charge in [0.1, 0.15) is 17.2 Å². The van der Waals surface area contributed by atoms with Crippen LogP contribution in [-0.2, 0) is 0 Å². The number of halogens is 1. The van der Waals surface area contributed by atoms with Crippen LogP contribution in [0.5, 0.6) is 0 Å². The van der Waals surface area contributed by atoms with Crippen molar-refractivity contribution in [2.75, 3.05) is 38.3 Å².